The fourth-order valence-corrected chi connectivity index (χ4v) is 3.52. The van der Waals surface area contributed by atoms with Crippen LogP contribution in [0.3, 0.4) is 0 Å². The first-order chi connectivity index (χ1) is 13.7. The van der Waals surface area contributed by atoms with E-state index >= 15 is 0 Å². The molecule has 144 valence electrons. The molecule has 6 heteroatoms. The molecule has 0 spiro atoms. The highest BCUT2D eigenvalue weighted by Gasteiger charge is 2.25. The third-order valence-electron chi connectivity index (χ3n) is 4.91. The zero-order valence-electron chi connectivity index (χ0n) is 15.5. The number of benzene rings is 2. The van der Waals surface area contributed by atoms with Gasteiger partial charge < -0.3 is 9.64 Å². The molecule has 0 unspecified atom stereocenters. The topological polar surface area (TPSA) is 47.4 Å². The molecule has 2 aromatic carbocycles. The summed E-state index contributed by atoms with van der Waals surface area (Å²) >= 11 is 5.91. The van der Waals surface area contributed by atoms with Crippen LogP contribution in [-0.4, -0.2) is 39.8 Å². The molecular formula is C22H22ClN3O2. The molecule has 1 aliphatic heterocycles. The minimum atomic E-state index is 0.0317. The molecule has 28 heavy (non-hydrogen) atoms. The van der Waals surface area contributed by atoms with Crippen molar-refractivity contribution >= 4 is 17.5 Å². The van der Waals surface area contributed by atoms with Gasteiger partial charge in [-0.15, -0.1) is 0 Å². The second-order valence-corrected chi connectivity index (χ2v) is 7.41. The van der Waals surface area contributed by atoms with Crippen molar-refractivity contribution < 1.29 is 9.53 Å². The lowest BCUT2D eigenvalue weighted by Crippen LogP contribution is -2.41. The van der Waals surface area contributed by atoms with Gasteiger partial charge in [0.1, 0.15) is 11.9 Å². The third kappa shape index (κ3) is 4.54. The number of amides is 1. The Morgan fingerprint density at radius 2 is 1.79 bits per heavy atom. The number of aromatic nitrogens is 2. The summed E-state index contributed by atoms with van der Waals surface area (Å²) in [5, 5.41) is 5.03. The molecule has 0 saturated carbocycles. The number of halogens is 1. The molecule has 0 aliphatic carbocycles. The summed E-state index contributed by atoms with van der Waals surface area (Å²) < 4.78 is 7.81. The van der Waals surface area contributed by atoms with Gasteiger partial charge in [0, 0.05) is 37.2 Å². The van der Waals surface area contributed by atoms with E-state index in [0.29, 0.717) is 30.2 Å². The zero-order chi connectivity index (χ0) is 19.3. The largest absolute Gasteiger partial charge is 0.490 e. The number of nitrogens with zero attached hydrogens (tertiary/aromatic N) is 3. The van der Waals surface area contributed by atoms with Crippen molar-refractivity contribution in [1.82, 2.24) is 14.7 Å². The van der Waals surface area contributed by atoms with Crippen molar-refractivity contribution in [3.63, 3.8) is 0 Å². The molecule has 5 nitrogen and oxygen atoms in total. The van der Waals surface area contributed by atoms with Gasteiger partial charge in [-0.05, 0) is 29.8 Å². The van der Waals surface area contributed by atoms with Gasteiger partial charge in [-0.25, -0.2) is 0 Å². The average Bonchev–Trinajstić information content (AvgIpc) is 3.19. The Hall–Kier alpha value is -2.79. The van der Waals surface area contributed by atoms with E-state index in [1.165, 1.54) is 0 Å². The van der Waals surface area contributed by atoms with E-state index in [1.807, 2.05) is 53.6 Å². The van der Waals surface area contributed by atoms with Crippen LogP contribution in [0.1, 0.15) is 28.8 Å². The number of carbonyl (C=O) groups is 1. The molecule has 0 radical (unpaired) electrons. The number of carbonyl (C=O) groups excluding carboxylic acids is 1. The molecule has 3 aromatic rings. The van der Waals surface area contributed by atoms with Crippen LogP contribution in [0.25, 0.3) is 0 Å². The predicted octanol–water partition coefficient (Wildman–Crippen LogP) is 4.27. The van der Waals surface area contributed by atoms with Gasteiger partial charge in [0.25, 0.3) is 5.91 Å². The summed E-state index contributed by atoms with van der Waals surface area (Å²) in [4.78, 5) is 14.7. The van der Waals surface area contributed by atoms with Gasteiger partial charge >= 0.3 is 0 Å². The van der Waals surface area contributed by atoms with Crippen molar-refractivity contribution in [2.45, 2.75) is 25.5 Å². The summed E-state index contributed by atoms with van der Waals surface area (Å²) in [6.07, 6.45) is 5.22. The summed E-state index contributed by atoms with van der Waals surface area (Å²) in [6.45, 7) is 2.02. The van der Waals surface area contributed by atoms with Crippen molar-refractivity contribution in [3.8, 4) is 5.75 Å². The fraction of sp³-hybridized carbons (Fsp3) is 0.273. The van der Waals surface area contributed by atoms with Crippen LogP contribution in [-0.2, 0) is 6.54 Å². The minimum absolute atomic E-state index is 0.0317. The summed E-state index contributed by atoms with van der Waals surface area (Å²) in [6, 6.07) is 17.5. The van der Waals surface area contributed by atoms with Gasteiger partial charge in [-0.3, -0.25) is 9.48 Å². The van der Waals surface area contributed by atoms with Gasteiger partial charge in [-0.2, -0.15) is 5.10 Å². The second-order valence-electron chi connectivity index (χ2n) is 6.98. The zero-order valence-corrected chi connectivity index (χ0v) is 16.3. The Labute approximate surface area is 169 Å². The van der Waals surface area contributed by atoms with Crippen LogP contribution in [0.2, 0.25) is 5.02 Å². The number of likely N-dealkylation sites (tertiary alicyclic amines) is 1. The van der Waals surface area contributed by atoms with Crippen molar-refractivity contribution in [2.75, 3.05) is 13.1 Å². The SMILES string of the molecule is O=C(c1cnn(Cc2ccccc2)c1)N1CCC(Oc2ccc(Cl)cc2)CC1. The van der Waals surface area contributed by atoms with Crippen molar-refractivity contribution in [2.24, 2.45) is 0 Å². The molecule has 0 N–H and O–H groups in total. The van der Waals surface area contributed by atoms with E-state index in [-0.39, 0.29) is 12.0 Å². The van der Waals surface area contributed by atoms with Gasteiger partial charge in [0.05, 0.1) is 18.3 Å². The number of hydrogen-bond acceptors (Lipinski definition) is 3. The number of rotatable bonds is 5. The molecule has 2 heterocycles. The summed E-state index contributed by atoms with van der Waals surface area (Å²) in [5.74, 6) is 0.848. The van der Waals surface area contributed by atoms with Crippen LogP contribution in [0.5, 0.6) is 5.75 Å². The maximum atomic E-state index is 12.8. The Balaban J connectivity index is 1.31. The Bertz CT molecular complexity index is 916. The molecule has 1 aliphatic rings. The standard InChI is InChI=1S/C22H22ClN3O2/c23-19-6-8-20(9-7-19)28-21-10-12-25(13-11-21)22(27)18-14-24-26(16-18)15-17-4-2-1-3-5-17/h1-9,14,16,21H,10-13,15H2. The van der Waals surface area contributed by atoms with E-state index in [9.17, 15) is 4.79 Å². The quantitative estimate of drug-likeness (QED) is 0.648. The highest BCUT2D eigenvalue weighted by Crippen LogP contribution is 2.22. The smallest absolute Gasteiger partial charge is 0.257 e. The number of hydrogen-bond donors (Lipinski definition) is 0. The van der Waals surface area contributed by atoms with Crippen LogP contribution in [0, 0.1) is 0 Å². The van der Waals surface area contributed by atoms with Crippen LogP contribution < -0.4 is 4.74 Å². The van der Waals surface area contributed by atoms with Gasteiger partial charge in [0.15, 0.2) is 0 Å². The van der Waals surface area contributed by atoms with E-state index in [0.717, 1.165) is 24.2 Å². The maximum Gasteiger partial charge on any atom is 0.257 e. The molecule has 1 fully saturated rings. The summed E-state index contributed by atoms with van der Waals surface area (Å²) in [5.41, 5.74) is 1.79. The molecule has 4 rings (SSSR count). The number of ether oxygens (including phenoxy) is 1. The van der Waals surface area contributed by atoms with Crippen LogP contribution >= 0.6 is 11.6 Å². The highest BCUT2D eigenvalue weighted by atomic mass is 35.5. The molecule has 1 aromatic heterocycles. The lowest BCUT2D eigenvalue weighted by atomic mass is 10.1. The number of piperidine rings is 1. The van der Waals surface area contributed by atoms with E-state index in [4.69, 9.17) is 16.3 Å². The Morgan fingerprint density at radius 1 is 1.07 bits per heavy atom. The van der Waals surface area contributed by atoms with E-state index in [2.05, 4.69) is 17.2 Å². The first kappa shape index (κ1) is 18.6. The van der Waals surface area contributed by atoms with Crippen molar-refractivity contribution in [3.05, 3.63) is 83.1 Å². The molecule has 0 atom stereocenters. The lowest BCUT2D eigenvalue weighted by Gasteiger charge is -2.32. The minimum Gasteiger partial charge on any atom is -0.490 e. The second kappa shape index (κ2) is 8.48. The molecule has 1 saturated heterocycles. The molecule has 1 amide bonds. The molecule has 0 bridgehead atoms. The first-order valence-corrected chi connectivity index (χ1v) is 9.83. The highest BCUT2D eigenvalue weighted by molar-refractivity contribution is 6.30. The van der Waals surface area contributed by atoms with E-state index in [1.54, 1.807) is 10.9 Å². The first-order valence-electron chi connectivity index (χ1n) is 9.45. The normalized spacial score (nSPS) is 14.8. The Morgan fingerprint density at radius 3 is 2.50 bits per heavy atom. The average molecular weight is 396 g/mol. The predicted molar refractivity (Wildman–Crippen MR) is 109 cm³/mol. The van der Waals surface area contributed by atoms with E-state index < -0.39 is 0 Å². The van der Waals surface area contributed by atoms with Gasteiger partial charge in [0.2, 0.25) is 0 Å². The maximum absolute atomic E-state index is 12.8. The van der Waals surface area contributed by atoms with Crippen LogP contribution in [0.4, 0.5) is 0 Å². The van der Waals surface area contributed by atoms with Gasteiger partial charge in [-0.1, -0.05) is 41.9 Å². The fourth-order valence-electron chi connectivity index (χ4n) is 3.40. The summed E-state index contributed by atoms with van der Waals surface area (Å²) in [7, 11) is 0. The Kier molecular flexibility index (Phi) is 5.63. The molecular weight excluding hydrogens is 374 g/mol. The van der Waals surface area contributed by atoms with Crippen LogP contribution in [0.15, 0.2) is 67.0 Å². The third-order valence-corrected chi connectivity index (χ3v) is 5.17. The lowest BCUT2D eigenvalue weighted by molar-refractivity contribution is 0.0595. The van der Waals surface area contributed by atoms with Crippen molar-refractivity contribution in [1.29, 1.82) is 0 Å². The monoisotopic (exact) mass is 395 g/mol.